The van der Waals surface area contributed by atoms with Crippen molar-refractivity contribution in [3.8, 4) is 5.75 Å². The van der Waals surface area contributed by atoms with E-state index in [1.807, 2.05) is 31.2 Å². The summed E-state index contributed by atoms with van der Waals surface area (Å²) in [7, 11) is 1.63. The summed E-state index contributed by atoms with van der Waals surface area (Å²) < 4.78 is 18.3. The fraction of sp³-hybridized carbons (Fsp3) is 0.250. The highest BCUT2D eigenvalue weighted by molar-refractivity contribution is 5.39. The Morgan fingerprint density at radius 2 is 1.74 bits per heavy atom. The molecule has 100 valence electrons. The Bertz CT molecular complexity index is 549. The second-order valence-electron chi connectivity index (χ2n) is 4.92. The largest absolute Gasteiger partial charge is 0.496 e. The molecule has 0 saturated heterocycles. The maximum Gasteiger partial charge on any atom is 0.123 e. The zero-order valence-corrected chi connectivity index (χ0v) is 11.2. The number of para-hydroxylation sites is 1. The normalized spacial score (nSPS) is 13.9. The number of methoxy groups -OCH3 is 1. The predicted molar refractivity (Wildman–Crippen MR) is 74.6 cm³/mol. The molecule has 3 heteroatoms. The standard InChI is InChI=1S/C16H18FNO/c1-16(18,11-12-7-9-13(17)10-8-12)14-5-3-4-6-15(14)19-2/h3-10H,11,18H2,1-2H3. The molecule has 1 unspecified atom stereocenters. The van der Waals surface area contributed by atoms with Crippen molar-refractivity contribution >= 4 is 0 Å². The van der Waals surface area contributed by atoms with Crippen LogP contribution in [0.1, 0.15) is 18.1 Å². The highest BCUT2D eigenvalue weighted by Crippen LogP contribution is 2.30. The Kier molecular flexibility index (Phi) is 3.86. The van der Waals surface area contributed by atoms with Crippen molar-refractivity contribution in [1.29, 1.82) is 0 Å². The average Bonchev–Trinajstić information content (AvgIpc) is 2.41. The van der Waals surface area contributed by atoms with E-state index in [0.717, 1.165) is 16.9 Å². The smallest absolute Gasteiger partial charge is 0.123 e. The molecular weight excluding hydrogens is 241 g/mol. The lowest BCUT2D eigenvalue weighted by Crippen LogP contribution is -2.35. The molecule has 2 nitrogen and oxygen atoms in total. The van der Waals surface area contributed by atoms with Gasteiger partial charge in [-0.05, 0) is 37.1 Å². The van der Waals surface area contributed by atoms with E-state index in [4.69, 9.17) is 10.5 Å². The quantitative estimate of drug-likeness (QED) is 0.914. The highest BCUT2D eigenvalue weighted by Gasteiger charge is 2.25. The summed E-state index contributed by atoms with van der Waals surface area (Å²) in [4.78, 5) is 0. The van der Waals surface area contributed by atoms with Crippen LogP contribution in [-0.4, -0.2) is 7.11 Å². The monoisotopic (exact) mass is 259 g/mol. The molecule has 0 aromatic heterocycles. The summed E-state index contributed by atoms with van der Waals surface area (Å²) in [6.45, 7) is 1.95. The van der Waals surface area contributed by atoms with Gasteiger partial charge < -0.3 is 10.5 Å². The van der Waals surface area contributed by atoms with Crippen LogP contribution in [0.3, 0.4) is 0 Å². The fourth-order valence-electron chi connectivity index (χ4n) is 2.24. The van der Waals surface area contributed by atoms with Crippen LogP contribution < -0.4 is 10.5 Å². The van der Waals surface area contributed by atoms with Gasteiger partial charge in [-0.2, -0.15) is 0 Å². The predicted octanol–water partition coefficient (Wildman–Crippen LogP) is 3.25. The maximum absolute atomic E-state index is 12.9. The van der Waals surface area contributed by atoms with Crippen LogP contribution in [0.5, 0.6) is 5.75 Å². The van der Waals surface area contributed by atoms with Gasteiger partial charge in [-0.15, -0.1) is 0 Å². The molecule has 0 fully saturated rings. The maximum atomic E-state index is 12.9. The molecule has 2 aromatic carbocycles. The van der Waals surface area contributed by atoms with Gasteiger partial charge in [-0.1, -0.05) is 30.3 Å². The molecule has 0 bridgehead atoms. The second-order valence-corrected chi connectivity index (χ2v) is 4.92. The molecular formula is C16H18FNO. The lowest BCUT2D eigenvalue weighted by molar-refractivity contribution is 0.386. The third kappa shape index (κ3) is 3.12. The summed E-state index contributed by atoms with van der Waals surface area (Å²) in [5, 5.41) is 0. The van der Waals surface area contributed by atoms with Crippen molar-refractivity contribution in [1.82, 2.24) is 0 Å². The van der Waals surface area contributed by atoms with Crippen molar-refractivity contribution in [3.63, 3.8) is 0 Å². The molecule has 2 N–H and O–H groups in total. The van der Waals surface area contributed by atoms with Crippen LogP contribution in [-0.2, 0) is 12.0 Å². The molecule has 0 spiro atoms. The average molecular weight is 259 g/mol. The van der Waals surface area contributed by atoms with E-state index in [1.54, 1.807) is 19.2 Å². The second kappa shape index (κ2) is 5.41. The van der Waals surface area contributed by atoms with Crippen LogP contribution in [0.2, 0.25) is 0 Å². The zero-order chi connectivity index (χ0) is 13.9. The first kappa shape index (κ1) is 13.6. The molecule has 0 aliphatic rings. The van der Waals surface area contributed by atoms with Crippen LogP contribution in [0, 0.1) is 5.82 Å². The first-order valence-electron chi connectivity index (χ1n) is 6.20. The molecule has 1 atom stereocenters. The van der Waals surface area contributed by atoms with Crippen molar-refractivity contribution < 1.29 is 9.13 Å². The summed E-state index contributed by atoms with van der Waals surface area (Å²) >= 11 is 0. The van der Waals surface area contributed by atoms with Crippen LogP contribution in [0.25, 0.3) is 0 Å². The fourth-order valence-corrected chi connectivity index (χ4v) is 2.24. The molecule has 0 radical (unpaired) electrons. The van der Waals surface area contributed by atoms with Gasteiger partial charge in [0.05, 0.1) is 7.11 Å². The van der Waals surface area contributed by atoms with Crippen molar-refractivity contribution in [3.05, 3.63) is 65.5 Å². The summed E-state index contributed by atoms with van der Waals surface area (Å²) in [5.74, 6) is 0.536. The van der Waals surface area contributed by atoms with E-state index >= 15 is 0 Å². The molecule has 0 aliphatic carbocycles. The Hall–Kier alpha value is -1.87. The molecule has 0 aliphatic heterocycles. The number of hydrogen-bond acceptors (Lipinski definition) is 2. The van der Waals surface area contributed by atoms with E-state index in [1.165, 1.54) is 12.1 Å². The van der Waals surface area contributed by atoms with Crippen LogP contribution in [0.4, 0.5) is 4.39 Å². The van der Waals surface area contributed by atoms with Crippen molar-refractivity contribution in [2.45, 2.75) is 18.9 Å². The van der Waals surface area contributed by atoms with Gasteiger partial charge in [0.15, 0.2) is 0 Å². The van der Waals surface area contributed by atoms with Gasteiger partial charge in [0.1, 0.15) is 11.6 Å². The Labute approximate surface area is 113 Å². The SMILES string of the molecule is COc1ccccc1C(C)(N)Cc1ccc(F)cc1. The van der Waals surface area contributed by atoms with Gasteiger partial charge >= 0.3 is 0 Å². The minimum atomic E-state index is -0.565. The van der Waals surface area contributed by atoms with Gasteiger partial charge in [0, 0.05) is 11.1 Å². The highest BCUT2D eigenvalue weighted by atomic mass is 19.1. The van der Waals surface area contributed by atoms with E-state index in [-0.39, 0.29) is 5.82 Å². The van der Waals surface area contributed by atoms with Crippen LogP contribution in [0.15, 0.2) is 48.5 Å². The minimum Gasteiger partial charge on any atom is -0.496 e. The number of hydrogen-bond donors (Lipinski definition) is 1. The van der Waals surface area contributed by atoms with Gasteiger partial charge in [0.25, 0.3) is 0 Å². The van der Waals surface area contributed by atoms with Gasteiger partial charge in [-0.3, -0.25) is 0 Å². The van der Waals surface area contributed by atoms with E-state index in [9.17, 15) is 4.39 Å². The lowest BCUT2D eigenvalue weighted by Gasteiger charge is -2.27. The Morgan fingerprint density at radius 3 is 2.37 bits per heavy atom. The summed E-state index contributed by atoms with van der Waals surface area (Å²) in [6.07, 6.45) is 0.619. The van der Waals surface area contributed by atoms with E-state index in [2.05, 4.69) is 0 Å². The van der Waals surface area contributed by atoms with E-state index < -0.39 is 5.54 Å². The molecule has 0 saturated carbocycles. The molecule has 0 heterocycles. The minimum absolute atomic E-state index is 0.236. The van der Waals surface area contributed by atoms with Crippen molar-refractivity contribution in [2.24, 2.45) is 5.73 Å². The number of halogens is 1. The summed E-state index contributed by atoms with van der Waals surface area (Å²) in [6, 6.07) is 14.1. The lowest BCUT2D eigenvalue weighted by atomic mass is 9.86. The number of rotatable bonds is 4. The zero-order valence-electron chi connectivity index (χ0n) is 11.2. The summed E-state index contributed by atoms with van der Waals surface area (Å²) in [5.41, 5.74) is 7.79. The molecule has 0 amide bonds. The van der Waals surface area contributed by atoms with Gasteiger partial charge in [-0.25, -0.2) is 4.39 Å². The van der Waals surface area contributed by atoms with Gasteiger partial charge in [0.2, 0.25) is 0 Å². The van der Waals surface area contributed by atoms with E-state index in [0.29, 0.717) is 6.42 Å². The third-order valence-electron chi connectivity index (χ3n) is 3.21. The molecule has 19 heavy (non-hydrogen) atoms. The first-order valence-corrected chi connectivity index (χ1v) is 6.20. The Balaban J connectivity index is 2.29. The van der Waals surface area contributed by atoms with Crippen molar-refractivity contribution in [2.75, 3.05) is 7.11 Å². The number of nitrogens with two attached hydrogens (primary N) is 1. The Morgan fingerprint density at radius 1 is 1.11 bits per heavy atom. The van der Waals surface area contributed by atoms with Crippen LogP contribution >= 0.6 is 0 Å². The third-order valence-corrected chi connectivity index (χ3v) is 3.21. The number of ether oxygens (including phenoxy) is 1. The number of benzene rings is 2. The first-order chi connectivity index (χ1) is 9.03. The molecule has 2 aromatic rings. The molecule has 2 rings (SSSR count). The topological polar surface area (TPSA) is 35.2 Å².